The van der Waals surface area contributed by atoms with Gasteiger partial charge in [-0.05, 0) is 36.4 Å². The van der Waals surface area contributed by atoms with Crippen molar-refractivity contribution in [2.45, 2.75) is 0 Å². The van der Waals surface area contributed by atoms with E-state index in [4.69, 9.17) is 18.9 Å². The number of methoxy groups -OCH3 is 4. The van der Waals surface area contributed by atoms with Crippen molar-refractivity contribution < 1.29 is 28.5 Å². The van der Waals surface area contributed by atoms with Crippen molar-refractivity contribution in [2.24, 2.45) is 10.2 Å². The summed E-state index contributed by atoms with van der Waals surface area (Å²) < 4.78 is 19.8. The molecule has 0 aliphatic heterocycles. The molecule has 2 aromatic carbocycles. The van der Waals surface area contributed by atoms with Gasteiger partial charge in [-0.15, -0.1) is 10.2 Å². The van der Waals surface area contributed by atoms with E-state index in [1.807, 2.05) is 0 Å². The number of carbonyl (C=O) groups excluding carboxylic acids is 2. The summed E-state index contributed by atoms with van der Waals surface area (Å²) in [5.41, 5.74) is 1.25. The van der Waals surface area contributed by atoms with Crippen LogP contribution in [0.15, 0.2) is 46.6 Å². The monoisotopic (exact) mass is 358 g/mol. The summed E-state index contributed by atoms with van der Waals surface area (Å²) in [7, 11) is 5.53. The molecule has 0 radical (unpaired) electrons. The SMILES string of the molecule is COC(=O)c1ccc(OC)c(N=Nc2cc(C(=O)OC)ccc2OC)c1. The van der Waals surface area contributed by atoms with Gasteiger partial charge in [0.25, 0.3) is 0 Å². The Morgan fingerprint density at radius 1 is 0.692 bits per heavy atom. The first-order chi connectivity index (χ1) is 12.5. The molecule has 0 spiro atoms. The van der Waals surface area contributed by atoms with E-state index in [0.717, 1.165) is 0 Å². The summed E-state index contributed by atoms with van der Waals surface area (Å²) in [6.07, 6.45) is 0. The number of nitrogens with zero attached hydrogens (tertiary/aromatic N) is 2. The highest BCUT2D eigenvalue weighted by molar-refractivity contribution is 5.91. The molecule has 8 nitrogen and oxygen atoms in total. The summed E-state index contributed by atoms with van der Waals surface area (Å²) in [6.45, 7) is 0. The average molecular weight is 358 g/mol. The lowest BCUT2D eigenvalue weighted by Gasteiger charge is -2.07. The molecule has 0 amide bonds. The van der Waals surface area contributed by atoms with Crippen LogP contribution in [0.4, 0.5) is 11.4 Å². The Hall–Kier alpha value is -3.42. The van der Waals surface area contributed by atoms with Crippen molar-refractivity contribution in [3.63, 3.8) is 0 Å². The fourth-order valence-corrected chi connectivity index (χ4v) is 2.13. The second kappa shape index (κ2) is 8.61. The third-order valence-corrected chi connectivity index (χ3v) is 3.47. The van der Waals surface area contributed by atoms with Gasteiger partial charge in [-0.1, -0.05) is 0 Å². The maximum Gasteiger partial charge on any atom is 0.337 e. The van der Waals surface area contributed by atoms with Gasteiger partial charge in [0.1, 0.15) is 22.9 Å². The van der Waals surface area contributed by atoms with Crippen LogP contribution in [0.5, 0.6) is 11.5 Å². The molecule has 26 heavy (non-hydrogen) atoms. The Morgan fingerprint density at radius 3 is 1.38 bits per heavy atom. The highest BCUT2D eigenvalue weighted by Crippen LogP contribution is 2.34. The summed E-state index contributed by atoms with van der Waals surface area (Å²) in [4.78, 5) is 23.4. The summed E-state index contributed by atoms with van der Waals surface area (Å²) in [6, 6.07) is 9.27. The van der Waals surface area contributed by atoms with E-state index in [9.17, 15) is 9.59 Å². The normalized spacial score (nSPS) is 10.5. The van der Waals surface area contributed by atoms with E-state index in [1.165, 1.54) is 40.6 Å². The minimum Gasteiger partial charge on any atom is -0.494 e. The van der Waals surface area contributed by atoms with E-state index < -0.39 is 11.9 Å². The largest absolute Gasteiger partial charge is 0.494 e. The number of benzene rings is 2. The first kappa shape index (κ1) is 18.9. The van der Waals surface area contributed by atoms with Gasteiger partial charge in [0.15, 0.2) is 0 Å². The molecule has 0 saturated heterocycles. The average Bonchev–Trinajstić information content (AvgIpc) is 2.70. The number of carbonyl (C=O) groups is 2. The van der Waals surface area contributed by atoms with Crippen molar-refractivity contribution >= 4 is 23.3 Å². The smallest absolute Gasteiger partial charge is 0.337 e. The maximum absolute atomic E-state index is 11.7. The van der Waals surface area contributed by atoms with Crippen LogP contribution >= 0.6 is 0 Å². The Bertz CT molecular complexity index is 778. The number of rotatable bonds is 6. The molecule has 0 aliphatic carbocycles. The highest BCUT2D eigenvalue weighted by Gasteiger charge is 2.12. The zero-order valence-corrected chi connectivity index (χ0v) is 14.8. The fraction of sp³-hybridized carbons (Fsp3) is 0.222. The van der Waals surface area contributed by atoms with Gasteiger partial charge in [0.05, 0.1) is 39.6 Å². The van der Waals surface area contributed by atoms with Gasteiger partial charge in [0, 0.05) is 0 Å². The molecule has 136 valence electrons. The predicted molar refractivity (Wildman–Crippen MR) is 92.8 cm³/mol. The van der Waals surface area contributed by atoms with Crippen LogP contribution in [-0.4, -0.2) is 40.4 Å². The molecule has 0 saturated carbocycles. The molecule has 0 unspecified atom stereocenters. The minimum atomic E-state index is -0.505. The Labute approximate surface area is 150 Å². The number of hydrogen-bond acceptors (Lipinski definition) is 8. The minimum absolute atomic E-state index is 0.303. The lowest BCUT2D eigenvalue weighted by Crippen LogP contribution is -2.01. The second-order valence-corrected chi connectivity index (χ2v) is 4.96. The molecule has 8 heteroatoms. The molecule has 2 aromatic rings. The molecule has 0 N–H and O–H groups in total. The number of esters is 2. The quantitative estimate of drug-likeness (QED) is 0.577. The fourth-order valence-electron chi connectivity index (χ4n) is 2.13. The van der Waals surface area contributed by atoms with Crippen LogP contribution in [0.2, 0.25) is 0 Å². The van der Waals surface area contributed by atoms with Crippen molar-refractivity contribution in [3.8, 4) is 11.5 Å². The van der Waals surface area contributed by atoms with E-state index in [0.29, 0.717) is 34.0 Å². The second-order valence-electron chi connectivity index (χ2n) is 4.96. The number of azo groups is 1. The van der Waals surface area contributed by atoms with Crippen molar-refractivity contribution in [1.29, 1.82) is 0 Å². The molecule has 0 aliphatic rings. The lowest BCUT2D eigenvalue weighted by molar-refractivity contribution is 0.0592. The van der Waals surface area contributed by atoms with E-state index in [-0.39, 0.29) is 0 Å². The molecule has 0 heterocycles. The Balaban J connectivity index is 2.45. The first-order valence-electron chi connectivity index (χ1n) is 7.48. The van der Waals surface area contributed by atoms with Crippen molar-refractivity contribution in [3.05, 3.63) is 47.5 Å². The van der Waals surface area contributed by atoms with Crippen LogP contribution in [0.1, 0.15) is 20.7 Å². The third kappa shape index (κ3) is 4.15. The number of hydrogen-bond donors (Lipinski definition) is 0. The van der Waals surface area contributed by atoms with Gasteiger partial charge in [-0.25, -0.2) is 9.59 Å². The number of ether oxygens (including phenoxy) is 4. The zero-order chi connectivity index (χ0) is 19.1. The van der Waals surface area contributed by atoms with Crippen molar-refractivity contribution in [1.82, 2.24) is 0 Å². The molecular weight excluding hydrogens is 340 g/mol. The molecule has 0 fully saturated rings. The maximum atomic E-state index is 11.7. The molecule has 0 bridgehead atoms. The van der Waals surface area contributed by atoms with Gasteiger partial charge in [-0.2, -0.15) is 0 Å². The lowest BCUT2D eigenvalue weighted by atomic mass is 10.2. The van der Waals surface area contributed by atoms with Crippen molar-refractivity contribution in [2.75, 3.05) is 28.4 Å². The van der Waals surface area contributed by atoms with E-state index >= 15 is 0 Å². The van der Waals surface area contributed by atoms with Crippen LogP contribution in [0.3, 0.4) is 0 Å². The van der Waals surface area contributed by atoms with E-state index in [1.54, 1.807) is 24.3 Å². The Kier molecular flexibility index (Phi) is 6.26. The molecule has 0 aromatic heterocycles. The van der Waals surface area contributed by atoms with Crippen LogP contribution in [0, 0.1) is 0 Å². The molecule has 2 rings (SSSR count). The standard InChI is InChI=1S/C18H18N2O6/c1-23-15-7-5-11(17(21)25-3)9-13(15)19-20-14-10-12(18(22)26-4)6-8-16(14)24-2/h5-10H,1-4H3. The highest BCUT2D eigenvalue weighted by atomic mass is 16.5. The third-order valence-electron chi connectivity index (χ3n) is 3.47. The molecular formula is C18H18N2O6. The summed E-state index contributed by atoms with van der Waals surface area (Å²) in [5, 5.41) is 8.24. The van der Waals surface area contributed by atoms with Gasteiger partial charge >= 0.3 is 11.9 Å². The van der Waals surface area contributed by atoms with Gasteiger partial charge in [0.2, 0.25) is 0 Å². The van der Waals surface area contributed by atoms with Gasteiger partial charge < -0.3 is 18.9 Å². The van der Waals surface area contributed by atoms with Gasteiger partial charge in [-0.3, -0.25) is 0 Å². The first-order valence-corrected chi connectivity index (χ1v) is 7.48. The summed E-state index contributed by atoms with van der Waals surface area (Å²) >= 11 is 0. The van der Waals surface area contributed by atoms with Crippen LogP contribution < -0.4 is 9.47 Å². The zero-order valence-electron chi connectivity index (χ0n) is 14.8. The van der Waals surface area contributed by atoms with Crippen LogP contribution in [0.25, 0.3) is 0 Å². The predicted octanol–water partition coefficient (Wildman–Crippen LogP) is 3.69. The summed E-state index contributed by atoms with van der Waals surface area (Å²) in [5.74, 6) is -0.169. The van der Waals surface area contributed by atoms with Crippen LogP contribution in [-0.2, 0) is 9.47 Å². The molecule has 0 atom stereocenters. The topological polar surface area (TPSA) is 95.8 Å². The van der Waals surface area contributed by atoms with E-state index in [2.05, 4.69) is 10.2 Å². The Morgan fingerprint density at radius 2 is 1.08 bits per heavy atom.